The maximum absolute atomic E-state index is 8.70. The molecule has 0 bridgehead atoms. The first-order chi connectivity index (χ1) is 6.88. The highest BCUT2D eigenvalue weighted by molar-refractivity contribution is 4.85. The highest BCUT2D eigenvalue weighted by atomic mass is 15.1. The summed E-state index contributed by atoms with van der Waals surface area (Å²) >= 11 is 0. The van der Waals surface area contributed by atoms with Gasteiger partial charge in [-0.1, -0.05) is 12.8 Å². The molecule has 0 saturated heterocycles. The maximum Gasteiger partial charge on any atom is 0.0868 e. The number of rotatable bonds is 5. The van der Waals surface area contributed by atoms with Crippen molar-refractivity contribution in [2.75, 3.05) is 13.1 Å². The molecular weight excluding hydrogens is 174 g/mol. The van der Waals surface area contributed by atoms with E-state index in [0.29, 0.717) is 19.0 Å². The van der Waals surface area contributed by atoms with E-state index in [1.165, 1.54) is 25.7 Å². The van der Waals surface area contributed by atoms with Crippen LogP contribution < -0.4 is 0 Å². The van der Waals surface area contributed by atoms with Crippen LogP contribution in [0.3, 0.4) is 0 Å². The molecule has 76 valence electrons. The van der Waals surface area contributed by atoms with Gasteiger partial charge in [0.25, 0.3) is 0 Å². The van der Waals surface area contributed by atoms with Crippen LogP contribution in [-0.2, 0) is 0 Å². The molecule has 3 nitrogen and oxygen atoms in total. The minimum absolute atomic E-state index is 0.524. The Bertz CT molecular complexity index is 230. The molecule has 0 aromatic heterocycles. The average Bonchev–Trinajstić information content (AvgIpc) is 2.70. The standard InChI is InChI=1S/C11H17N3/c12-7-3-4-9-14(10-8-13)11-5-1-2-6-11/h11H,1-6,9-10H2. The summed E-state index contributed by atoms with van der Waals surface area (Å²) in [5.41, 5.74) is 0. The number of hydrogen-bond donors (Lipinski definition) is 0. The number of nitriles is 2. The third kappa shape index (κ3) is 3.36. The van der Waals surface area contributed by atoms with Crippen molar-refractivity contribution in [1.29, 1.82) is 10.5 Å². The fraction of sp³-hybridized carbons (Fsp3) is 0.818. The smallest absolute Gasteiger partial charge is 0.0868 e. The minimum Gasteiger partial charge on any atom is -0.288 e. The second-order valence-corrected chi connectivity index (χ2v) is 3.83. The number of nitrogens with zero attached hydrogens (tertiary/aromatic N) is 3. The Labute approximate surface area is 85.9 Å². The van der Waals surface area contributed by atoms with Crippen molar-refractivity contribution in [1.82, 2.24) is 4.90 Å². The third-order valence-electron chi connectivity index (χ3n) is 2.85. The monoisotopic (exact) mass is 191 g/mol. The second kappa shape index (κ2) is 6.40. The van der Waals surface area contributed by atoms with Gasteiger partial charge in [-0.25, -0.2) is 0 Å². The van der Waals surface area contributed by atoms with Gasteiger partial charge in [0.15, 0.2) is 0 Å². The van der Waals surface area contributed by atoms with Crippen LogP contribution in [0.25, 0.3) is 0 Å². The van der Waals surface area contributed by atoms with Crippen LogP contribution in [0.5, 0.6) is 0 Å². The lowest BCUT2D eigenvalue weighted by molar-refractivity contribution is 0.221. The zero-order valence-electron chi connectivity index (χ0n) is 8.58. The summed E-state index contributed by atoms with van der Waals surface area (Å²) in [6, 6.07) is 4.97. The van der Waals surface area contributed by atoms with Crippen LogP contribution in [0, 0.1) is 22.7 Å². The Balaban J connectivity index is 2.31. The molecule has 3 heteroatoms. The molecule has 0 aromatic carbocycles. The Morgan fingerprint density at radius 1 is 1.14 bits per heavy atom. The molecule has 0 radical (unpaired) electrons. The Kier molecular flexibility index (Phi) is 5.04. The van der Waals surface area contributed by atoms with Gasteiger partial charge in [-0.15, -0.1) is 0 Å². The molecule has 0 amide bonds. The van der Waals surface area contributed by atoms with E-state index in [9.17, 15) is 0 Å². The van der Waals surface area contributed by atoms with E-state index in [2.05, 4.69) is 17.0 Å². The highest BCUT2D eigenvalue weighted by Crippen LogP contribution is 2.23. The van der Waals surface area contributed by atoms with E-state index < -0.39 is 0 Å². The summed E-state index contributed by atoms with van der Waals surface area (Å²) in [6.07, 6.45) is 6.56. The first-order valence-electron chi connectivity index (χ1n) is 5.36. The zero-order valence-corrected chi connectivity index (χ0v) is 8.58. The molecule has 0 unspecified atom stereocenters. The molecule has 0 heterocycles. The van der Waals surface area contributed by atoms with Gasteiger partial charge in [0.2, 0.25) is 0 Å². The summed E-state index contributed by atoms with van der Waals surface area (Å²) in [7, 11) is 0. The van der Waals surface area contributed by atoms with Gasteiger partial charge in [-0.3, -0.25) is 4.90 Å². The maximum atomic E-state index is 8.70. The van der Waals surface area contributed by atoms with Crippen LogP contribution in [0.1, 0.15) is 38.5 Å². The molecule has 1 saturated carbocycles. The van der Waals surface area contributed by atoms with E-state index in [0.717, 1.165) is 13.0 Å². The fourth-order valence-corrected chi connectivity index (χ4v) is 2.11. The molecule has 0 aliphatic heterocycles. The molecule has 0 atom stereocenters. The highest BCUT2D eigenvalue weighted by Gasteiger charge is 2.21. The van der Waals surface area contributed by atoms with E-state index >= 15 is 0 Å². The van der Waals surface area contributed by atoms with Crippen molar-refractivity contribution in [2.45, 2.75) is 44.6 Å². The van der Waals surface area contributed by atoms with Crippen LogP contribution >= 0.6 is 0 Å². The SMILES string of the molecule is N#CCCCN(CC#N)C1CCCC1. The predicted octanol–water partition coefficient (Wildman–Crippen LogP) is 2.06. The van der Waals surface area contributed by atoms with Crippen molar-refractivity contribution < 1.29 is 0 Å². The fourth-order valence-electron chi connectivity index (χ4n) is 2.11. The third-order valence-corrected chi connectivity index (χ3v) is 2.85. The molecule has 14 heavy (non-hydrogen) atoms. The van der Waals surface area contributed by atoms with E-state index in [1.807, 2.05) is 0 Å². The van der Waals surface area contributed by atoms with E-state index in [1.54, 1.807) is 0 Å². The summed E-state index contributed by atoms with van der Waals surface area (Å²) in [4.78, 5) is 2.24. The lowest BCUT2D eigenvalue weighted by atomic mass is 10.2. The van der Waals surface area contributed by atoms with Crippen LogP contribution in [0.2, 0.25) is 0 Å². The Hall–Kier alpha value is -1.06. The first-order valence-corrected chi connectivity index (χ1v) is 5.36. The summed E-state index contributed by atoms with van der Waals surface area (Å²) in [5.74, 6) is 0. The van der Waals surface area contributed by atoms with Gasteiger partial charge in [0.05, 0.1) is 18.7 Å². The van der Waals surface area contributed by atoms with E-state index in [-0.39, 0.29) is 0 Å². The molecule has 0 N–H and O–H groups in total. The largest absolute Gasteiger partial charge is 0.288 e. The Morgan fingerprint density at radius 2 is 1.86 bits per heavy atom. The summed E-state index contributed by atoms with van der Waals surface area (Å²) in [6.45, 7) is 1.43. The van der Waals surface area contributed by atoms with Crippen LogP contribution in [0.15, 0.2) is 0 Å². The zero-order chi connectivity index (χ0) is 10.2. The van der Waals surface area contributed by atoms with Crippen molar-refractivity contribution >= 4 is 0 Å². The van der Waals surface area contributed by atoms with Gasteiger partial charge in [-0.05, 0) is 19.3 Å². The topological polar surface area (TPSA) is 50.8 Å². The summed E-state index contributed by atoms with van der Waals surface area (Å²) < 4.78 is 0. The Morgan fingerprint density at radius 3 is 2.43 bits per heavy atom. The summed E-state index contributed by atoms with van der Waals surface area (Å²) in [5, 5.41) is 17.1. The van der Waals surface area contributed by atoms with Gasteiger partial charge in [-0.2, -0.15) is 10.5 Å². The molecule has 0 spiro atoms. The predicted molar refractivity (Wildman–Crippen MR) is 54.3 cm³/mol. The van der Waals surface area contributed by atoms with Gasteiger partial charge in [0.1, 0.15) is 0 Å². The molecule has 1 aliphatic carbocycles. The lowest BCUT2D eigenvalue weighted by Crippen LogP contribution is -2.34. The number of unbranched alkanes of at least 4 members (excludes halogenated alkanes) is 1. The first kappa shape index (κ1) is 11.0. The van der Waals surface area contributed by atoms with Gasteiger partial charge in [0, 0.05) is 19.0 Å². The molecule has 1 rings (SSSR count). The molecule has 0 aromatic rings. The average molecular weight is 191 g/mol. The van der Waals surface area contributed by atoms with Crippen molar-refractivity contribution in [3.63, 3.8) is 0 Å². The van der Waals surface area contributed by atoms with Crippen LogP contribution in [0.4, 0.5) is 0 Å². The quantitative estimate of drug-likeness (QED) is 0.493. The minimum atomic E-state index is 0.524. The second-order valence-electron chi connectivity index (χ2n) is 3.83. The molecular formula is C11H17N3. The van der Waals surface area contributed by atoms with Gasteiger partial charge >= 0.3 is 0 Å². The van der Waals surface area contributed by atoms with Crippen molar-refractivity contribution in [3.8, 4) is 12.1 Å². The van der Waals surface area contributed by atoms with Crippen molar-refractivity contribution in [3.05, 3.63) is 0 Å². The number of hydrogen-bond acceptors (Lipinski definition) is 3. The van der Waals surface area contributed by atoms with E-state index in [4.69, 9.17) is 10.5 Å². The molecule has 1 fully saturated rings. The lowest BCUT2D eigenvalue weighted by Gasteiger charge is -2.25. The normalized spacial score (nSPS) is 16.8. The van der Waals surface area contributed by atoms with Crippen LogP contribution in [-0.4, -0.2) is 24.0 Å². The van der Waals surface area contributed by atoms with Gasteiger partial charge < -0.3 is 0 Å². The van der Waals surface area contributed by atoms with Crippen molar-refractivity contribution in [2.24, 2.45) is 0 Å². The molecule has 1 aliphatic rings.